The summed E-state index contributed by atoms with van der Waals surface area (Å²) in [6.45, 7) is -0.909. The van der Waals surface area contributed by atoms with E-state index in [-0.39, 0.29) is 36.3 Å². The lowest BCUT2D eigenvalue weighted by atomic mass is 10.2. The molecule has 0 spiro atoms. The zero-order valence-electron chi connectivity index (χ0n) is 16.7. The molecule has 0 aliphatic heterocycles. The minimum atomic E-state index is -2.87. The molecule has 6 nitrogen and oxygen atoms in total. The van der Waals surface area contributed by atoms with Crippen molar-refractivity contribution >= 4 is 29.9 Å². The van der Waals surface area contributed by atoms with Crippen molar-refractivity contribution in [3.05, 3.63) is 23.8 Å². The lowest BCUT2D eigenvalue weighted by Crippen LogP contribution is -2.42. The average Bonchev–Trinajstić information content (AvgIpc) is 3.19. The molecule has 1 aromatic carbocycles. The second kappa shape index (κ2) is 13.0. The molecule has 0 heterocycles. The first-order chi connectivity index (χ1) is 13.0. The second-order valence-corrected chi connectivity index (χ2v) is 6.62. The van der Waals surface area contributed by atoms with Gasteiger partial charge in [-0.1, -0.05) is 12.8 Å². The van der Waals surface area contributed by atoms with Crippen molar-refractivity contribution in [1.82, 2.24) is 15.5 Å². The van der Waals surface area contributed by atoms with Crippen LogP contribution in [0.25, 0.3) is 0 Å². The zero-order chi connectivity index (χ0) is 19.6. The summed E-state index contributed by atoms with van der Waals surface area (Å²) < 4.78 is 35.0. The number of benzene rings is 1. The van der Waals surface area contributed by atoms with E-state index in [1.54, 1.807) is 19.2 Å². The number of guanidine groups is 1. The van der Waals surface area contributed by atoms with Crippen molar-refractivity contribution in [3.63, 3.8) is 0 Å². The number of nitrogens with one attached hydrogen (secondary N) is 2. The van der Waals surface area contributed by atoms with E-state index in [0.29, 0.717) is 23.3 Å². The number of aliphatic imine (C=N–C) groups is 1. The summed E-state index contributed by atoms with van der Waals surface area (Å²) in [6, 6.07) is 5.42. The maximum atomic E-state index is 12.6. The number of methoxy groups -OCH3 is 1. The highest BCUT2D eigenvalue weighted by molar-refractivity contribution is 14.0. The molecule has 2 N–H and O–H groups in total. The summed E-state index contributed by atoms with van der Waals surface area (Å²) in [5.74, 6) is 1.31. The fraction of sp³-hybridized carbons (Fsp3) is 0.632. The molecule has 1 aromatic rings. The van der Waals surface area contributed by atoms with E-state index in [2.05, 4.69) is 32.3 Å². The number of alkyl halides is 2. The highest BCUT2D eigenvalue weighted by Gasteiger charge is 2.19. The van der Waals surface area contributed by atoms with Gasteiger partial charge in [-0.05, 0) is 38.1 Å². The first kappa shape index (κ1) is 24.7. The van der Waals surface area contributed by atoms with Crippen LogP contribution >= 0.6 is 24.0 Å². The molecule has 0 radical (unpaired) electrons. The number of hydrogen-bond donors (Lipinski definition) is 2. The molecule has 9 heteroatoms. The van der Waals surface area contributed by atoms with Gasteiger partial charge in [0.25, 0.3) is 0 Å². The molecular weight excluding hydrogens is 481 g/mol. The van der Waals surface area contributed by atoms with Crippen LogP contribution < -0.4 is 20.1 Å². The quantitative estimate of drug-likeness (QED) is 0.302. The van der Waals surface area contributed by atoms with Crippen LogP contribution in [0.15, 0.2) is 23.2 Å². The van der Waals surface area contributed by atoms with E-state index in [1.165, 1.54) is 38.9 Å². The van der Waals surface area contributed by atoms with E-state index in [9.17, 15) is 8.78 Å². The standard InChI is InChI=1S/C19H30F2N4O2.HI/c1-22-19(23-10-11-25(2)15-6-4-5-7-15)24-13-14-12-16(26-3)8-9-17(14)27-18(20)21;/h8-9,12,15,18H,4-7,10-11,13H2,1-3H3,(H2,22,23,24);1H. The van der Waals surface area contributed by atoms with Crippen LogP contribution in [-0.2, 0) is 6.54 Å². The summed E-state index contributed by atoms with van der Waals surface area (Å²) in [7, 11) is 5.36. The molecule has 0 saturated heterocycles. The minimum absolute atomic E-state index is 0. The average molecular weight is 512 g/mol. The van der Waals surface area contributed by atoms with Gasteiger partial charge in [0, 0.05) is 38.3 Å². The van der Waals surface area contributed by atoms with Crippen LogP contribution in [0.3, 0.4) is 0 Å². The van der Waals surface area contributed by atoms with Crippen molar-refractivity contribution < 1.29 is 18.3 Å². The van der Waals surface area contributed by atoms with Gasteiger partial charge in [0.15, 0.2) is 5.96 Å². The molecule has 1 saturated carbocycles. The van der Waals surface area contributed by atoms with Gasteiger partial charge in [0.05, 0.1) is 7.11 Å². The SMILES string of the molecule is CN=C(NCCN(C)C1CCCC1)NCc1cc(OC)ccc1OC(F)F.I. The molecule has 0 aromatic heterocycles. The van der Waals surface area contributed by atoms with E-state index in [4.69, 9.17) is 4.74 Å². The van der Waals surface area contributed by atoms with Crippen LogP contribution in [-0.4, -0.2) is 57.8 Å². The van der Waals surface area contributed by atoms with Crippen molar-refractivity contribution in [2.75, 3.05) is 34.3 Å². The summed E-state index contributed by atoms with van der Waals surface area (Å²) >= 11 is 0. The lowest BCUT2D eigenvalue weighted by molar-refractivity contribution is -0.0504. The molecule has 1 fully saturated rings. The third-order valence-electron chi connectivity index (χ3n) is 4.86. The summed E-state index contributed by atoms with van der Waals surface area (Å²) in [4.78, 5) is 6.57. The molecule has 0 amide bonds. The molecule has 2 rings (SSSR count). The fourth-order valence-corrected chi connectivity index (χ4v) is 3.31. The van der Waals surface area contributed by atoms with E-state index >= 15 is 0 Å². The second-order valence-electron chi connectivity index (χ2n) is 6.62. The maximum absolute atomic E-state index is 12.6. The van der Waals surface area contributed by atoms with E-state index < -0.39 is 6.61 Å². The largest absolute Gasteiger partial charge is 0.497 e. The van der Waals surface area contributed by atoms with Crippen LogP contribution in [0.4, 0.5) is 8.78 Å². The smallest absolute Gasteiger partial charge is 0.387 e. The topological polar surface area (TPSA) is 58.1 Å². The molecular formula is C19H31F2IN4O2. The van der Waals surface area contributed by atoms with Gasteiger partial charge in [-0.15, -0.1) is 24.0 Å². The number of ether oxygens (including phenoxy) is 2. The van der Waals surface area contributed by atoms with Crippen LogP contribution in [0.2, 0.25) is 0 Å². The summed E-state index contributed by atoms with van der Waals surface area (Å²) in [5.41, 5.74) is 0.570. The van der Waals surface area contributed by atoms with Gasteiger partial charge in [0.2, 0.25) is 0 Å². The van der Waals surface area contributed by atoms with E-state index in [0.717, 1.165) is 13.1 Å². The predicted octanol–water partition coefficient (Wildman–Crippen LogP) is 3.45. The van der Waals surface area contributed by atoms with Crippen molar-refractivity contribution in [2.45, 2.75) is 44.9 Å². The summed E-state index contributed by atoms with van der Waals surface area (Å²) in [6.07, 6.45) is 5.17. The van der Waals surface area contributed by atoms with Gasteiger partial charge in [-0.3, -0.25) is 4.99 Å². The molecule has 1 aliphatic rings. The Morgan fingerprint density at radius 2 is 2.00 bits per heavy atom. The first-order valence-electron chi connectivity index (χ1n) is 9.30. The lowest BCUT2D eigenvalue weighted by Gasteiger charge is -2.24. The first-order valence-corrected chi connectivity index (χ1v) is 9.30. The van der Waals surface area contributed by atoms with Crippen molar-refractivity contribution in [2.24, 2.45) is 4.99 Å². The van der Waals surface area contributed by atoms with Crippen molar-refractivity contribution in [1.29, 1.82) is 0 Å². The number of halogens is 3. The van der Waals surface area contributed by atoms with Crippen LogP contribution in [0.5, 0.6) is 11.5 Å². The number of rotatable bonds is 9. The number of hydrogen-bond acceptors (Lipinski definition) is 4. The highest BCUT2D eigenvalue weighted by Crippen LogP contribution is 2.25. The van der Waals surface area contributed by atoms with E-state index in [1.807, 2.05) is 0 Å². The maximum Gasteiger partial charge on any atom is 0.387 e. The van der Waals surface area contributed by atoms with Crippen LogP contribution in [0.1, 0.15) is 31.2 Å². The van der Waals surface area contributed by atoms with Gasteiger partial charge in [-0.2, -0.15) is 8.78 Å². The molecule has 28 heavy (non-hydrogen) atoms. The molecule has 0 atom stereocenters. The number of nitrogens with zero attached hydrogens (tertiary/aromatic N) is 2. The Morgan fingerprint density at radius 1 is 1.29 bits per heavy atom. The Morgan fingerprint density at radius 3 is 2.61 bits per heavy atom. The van der Waals surface area contributed by atoms with Gasteiger partial charge >= 0.3 is 6.61 Å². The van der Waals surface area contributed by atoms with Gasteiger partial charge in [0.1, 0.15) is 11.5 Å². The molecule has 0 unspecified atom stereocenters. The number of likely N-dealkylation sites (N-methyl/N-ethyl adjacent to an activating group) is 1. The predicted molar refractivity (Wildman–Crippen MR) is 118 cm³/mol. The minimum Gasteiger partial charge on any atom is -0.497 e. The Hall–Kier alpha value is -1.36. The molecule has 1 aliphatic carbocycles. The Labute approximate surface area is 183 Å². The molecule has 0 bridgehead atoms. The normalized spacial score (nSPS) is 14.9. The van der Waals surface area contributed by atoms with Crippen molar-refractivity contribution in [3.8, 4) is 11.5 Å². The highest BCUT2D eigenvalue weighted by atomic mass is 127. The van der Waals surface area contributed by atoms with Gasteiger partial charge in [-0.25, -0.2) is 0 Å². The Kier molecular flexibility index (Phi) is 11.4. The molecule has 160 valence electrons. The fourth-order valence-electron chi connectivity index (χ4n) is 3.31. The monoisotopic (exact) mass is 512 g/mol. The third kappa shape index (κ3) is 7.94. The Bertz CT molecular complexity index is 614. The summed E-state index contributed by atoms with van der Waals surface area (Å²) in [5, 5.41) is 6.39. The Balaban J connectivity index is 0.00000392. The zero-order valence-corrected chi connectivity index (χ0v) is 19.0. The third-order valence-corrected chi connectivity index (χ3v) is 4.86. The van der Waals surface area contributed by atoms with Crippen LogP contribution in [0, 0.1) is 0 Å². The van der Waals surface area contributed by atoms with Gasteiger partial charge < -0.3 is 25.0 Å².